The van der Waals surface area contributed by atoms with E-state index in [0.717, 1.165) is 26.6 Å². The average Bonchev–Trinajstić information content (AvgIpc) is 2.55. The van der Waals surface area contributed by atoms with Gasteiger partial charge in [0, 0.05) is 27.8 Å². The van der Waals surface area contributed by atoms with Gasteiger partial charge in [-0.1, -0.05) is 64.5 Å². The Kier molecular flexibility index (Phi) is 3.40. The zero-order chi connectivity index (χ0) is 15.1. The molecular formula is C19H15BrO2. The first-order chi connectivity index (χ1) is 10.7. The standard InChI is InChI=1S/C19H15BrO2/c20-14-8-5-13(6-9-14)17-11-18(21)22-19-15-4-2-1-3-12(15)7-10-16(17)19/h1-10,17-18,21H,11H2/t17-,18-/m0/s1. The Labute approximate surface area is 137 Å². The molecule has 0 unspecified atom stereocenters. The van der Waals surface area contributed by atoms with Gasteiger partial charge in [-0.25, -0.2) is 0 Å². The summed E-state index contributed by atoms with van der Waals surface area (Å²) in [6.45, 7) is 0. The molecule has 1 N–H and O–H groups in total. The van der Waals surface area contributed by atoms with Crippen LogP contribution in [0.25, 0.3) is 10.8 Å². The minimum atomic E-state index is -0.771. The lowest BCUT2D eigenvalue weighted by Crippen LogP contribution is -2.25. The number of aliphatic hydroxyl groups excluding tert-OH is 1. The van der Waals surface area contributed by atoms with Crippen LogP contribution in [-0.4, -0.2) is 11.4 Å². The van der Waals surface area contributed by atoms with Gasteiger partial charge >= 0.3 is 0 Å². The van der Waals surface area contributed by atoms with Gasteiger partial charge in [-0.3, -0.25) is 0 Å². The van der Waals surface area contributed by atoms with E-state index < -0.39 is 6.29 Å². The molecule has 4 rings (SSSR count). The molecule has 0 radical (unpaired) electrons. The molecule has 0 aliphatic carbocycles. The predicted molar refractivity (Wildman–Crippen MR) is 91.2 cm³/mol. The molecule has 3 aromatic carbocycles. The second-order valence-corrected chi connectivity index (χ2v) is 6.53. The summed E-state index contributed by atoms with van der Waals surface area (Å²) in [6.07, 6.45) is -0.195. The van der Waals surface area contributed by atoms with E-state index in [0.29, 0.717) is 6.42 Å². The van der Waals surface area contributed by atoms with Gasteiger partial charge in [0.15, 0.2) is 6.29 Å². The highest BCUT2D eigenvalue weighted by molar-refractivity contribution is 9.10. The van der Waals surface area contributed by atoms with E-state index in [1.807, 2.05) is 30.3 Å². The van der Waals surface area contributed by atoms with E-state index in [-0.39, 0.29) is 5.92 Å². The number of hydrogen-bond acceptors (Lipinski definition) is 2. The molecule has 0 saturated heterocycles. The van der Waals surface area contributed by atoms with Crippen LogP contribution in [0.2, 0.25) is 0 Å². The number of halogens is 1. The van der Waals surface area contributed by atoms with Crippen molar-refractivity contribution in [1.29, 1.82) is 0 Å². The minimum Gasteiger partial charge on any atom is -0.464 e. The van der Waals surface area contributed by atoms with Gasteiger partial charge in [0.05, 0.1) is 0 Å². The Bertz CT molecular complexity index is 826. The quantitative estimate of drug-likeness (QED) is 0.677. The molecule has 1 aliphatic heterocycles. The van der Waals surface area contributed by atoms with Gasteiger partial charge < -0.3 is 9.84 Å². The Hall–Kier alpha value is -1.84. The van der Waals surface area contributed by atoms with Gasteiger partial charge in [-0.15, -0.1) is 0 Å². The van der Waals surface area contributed by atoms with E-state index >= 15 is 0 Å². The maximum absolute atomic E-state index is 10.2. The molecule has 110 valence electrons. The predicted octanol–water partition coefficient (Wildman–Crippen LogP) is 4.84. The van der Waals surface area contributed by atoms with Crippen LogP contribution in [0.3, 0.4) is 0 Å². The van der Waals surface area contributed by atoms with Gasteiger partial charge in [0.25, 0.3) is 0 Å². The lowest BCUT2D eigenvalue weighted by molar-refractivity contribution is -0.0347. The minimum absolute atomic E-state index is 0.149. The highest BCUT2D eigenvalue weighted by Gasteiger charge is 2.29. The zero-order valence-electron chi connectivity index (χ0n) is 11.9. The SMILES string of the molecule is O[C@@H]1C[C@@H](c2ccc(Br)cc2)c2ccc3ccccc3c2O1. The number of rotatable bonds is 1. The van der Waals surface area contributed by atoms with Crippen LogP contribution >= 0.6 is 15.9 Å². The largest absolute Gasteiger partial charge is 0.464 e. The first-order valence-electron chi connectivity index (χ1n) is 7.34. The Morgan fingerprint density at radius 2 is 1.73 bits per heavy atom. The fraction of sp³-hybridized carbons (Fsp3) is 0.158. The third-order valence-electron chi connectivity index (χ3n) is 4.25. The maximum atomic E-state index is 10.2. The molecule has 0 amide bonds. The summed E-state index contributed by atoms with van der Waals surface area (Å²) in [4.78, 5) is 0. The van der Waals surface area contributed by atoms with Crippen molar-refractivity contribution in [3.8, 4) is 5.75 Å². The Morgan fingerprint density at radius 1 is 0.955 bits per heavy atom. The highest BCUT2D eigenvalue weighted by Crippen LogP contribution is 2.43. The van der Waals surface area contributed by atoms with Crippen LogP contribution in [0.5, 0.6) is 5.75 Å². The van der Waals surface area contributed by atoms with Crippen molar-refractivity contribution in [2.45, 2.75) is 18.6 Å². The monoisotopic (exact) mass is 354 g/mol. The van der Waals surface area contributed by atoms with E-state index in [9.17, 15) is 5.11 Å². The molecule has 3 aromatic rings. The summed E-state index contributed by atoms with van der Waals surface area (Å²) in [5.74, 6) is 0.959. The molecule has 0 aromatic heterocycles. The topological polar surface area (TPSA) is 29.5 Å². The average molecular weight is 355 g/mol. The Balaban J connectivity index is 1.90. The van der Waals surface area contributed by atoms with Crippen LogP contribution in [0, 0.1) is 0 Å². The van der Waals surface area contributed by atoms with E-state index in [4.69, 9.17) is 4.74 Å². The second kappa shape index (κ2) is 5.41. The molecular weight excluding hydrogens is 340 g/mol. The van der Waals surface area contributed by atoms with Crippen molar-refractivity contribution in [1.82, 2.24) is 0 Å². The van der Waals surface area contributed by atoms with Crippen molar-refractivity contribution in [3.05, 3.63) is 76.3 Å². The van der Waals surface area contributed by atoms with Crippen LogP contribution in [0.1, 0.15) is 23.5 Å². The number of benzene rings is 3. The second-order valence-electron chi connectivity index (χ2n) is 5.62. The van der Waals surface area contributed by atoms with Crippen LogP contribution < -0.4 is 4.74 Å². The number of aliphatic hydroxyl groups is 1. The summed E-state index contributed by atoms with van der Waals surface area (Å²) in [7, 11) is 0. The third-order valence-corrected chi connectivity index (χ3v) is 4.78. The van der Waals surface area contributed by atoms with Crippen molar-refractivity contribution in [2.24, 2.45) is 0 Å². The summed E-state index contributed by atoms with van der Waals surface area (Å²) < 4.78 is 6.82. The number of ether oxygens (including phenoxy) is 1. The number of hydrogen-bond donors (Lipinski definition) is 1. The van der Waals surface area contributed by atoms with Crippen molar-refractivity contribution < 1.29 is 9.84 Å². The van der Waals surface area contributed by atoms with Crippen LogP contribution in [0.15, 0.2) is 65.1 Å². The van der Waals surface area contributed by atoms with E-state index in [2.05, 4.69) is 46.3 Å². The van der Waals surface area contributed by atoms with Crippen molar-refractivity contribution in [3.63, 3.8) is 0 Å². The molecule has 2 nitrogen and oxygen atoms in total. The molecule has 2 atom stereocenters. The molecule has 0 bridgehead atoms. The van der Waals surface area contributed by atoms with Crippen LogP contribution in [0.4, 0.5) is 0 Å². The van der Waals surface area contributed by atoms with Crippen molar-refractivity contribution in [2.75, 3.05) is 0 Å². The Morgan fingerprint density at radius 3 is 2.55 bits per heavy atom. The third kappa shape index (κ3) is 2.31. The molecule has 0 saturated carbocycles. The first kappa shape index (κ1) is 13.8. The smallest absolute Gasteiger partial charge is 0.198 e. The summed E-state index contributed by atoms with van der Waals surface area (Å²) >= 11 is 3.47. The molecule has 0 fully saturated rings. The molecule has 22 heavy (non-hydrogen) atoms. The van der Waals surface area contributed by atoms with E-state index in [1.165, 1.54) is 5.56 Å². The van der Waals surface area contributed by atoms with Crippen LogP contribution in [-0.2, 0) is 0 Å². The molecule has 0 spiro atoms. The lowest BCUT2D eigenvalue weighted by atomic mass is 9.85. The number of fused-ring (bicyclic) bond motifs is 3. The van der Waals surface area contributed by atoms with Gasteiger partial charge in [0.1, 0.15) is 5.75 Å². The maximum Gasteiger partial charge on any atom is 0.198 e. The normalized spacial score (nSPS) is 20.5. The highest BCUT2D eigenvalue weighted by atomic mass is 79.9. The fourth-order valence-corrected chi connectivity index (χ4v) is 3.45. The van der Waals surface area contributed by atoms with Gasteiger partial charge in [0.2, 0.25) is 0 Å². The summed E-state index contributed by atoms with van der Waals surface area (Å²) in [6, 6.07) is 20.7. The van der Waals surface area contributed by atoms with E-state index in [1.54, 1.807) is 0 Å². The van der Waals surface area contributed by atoms with Gasteiger partial charge in [-0.05, 0) is 23.1 Å². The zero-order valence-corrected chi connectivity index (χ0v) is 13.5. The summed E-state index contributed by atoms with van der Waals surface area (Å²) in [5.41, 5.74) is 2.34. The van der Waals surface area contributed by atoms with Gasteiger partial charge in [-0.2, -0.15) is 0 Å². The lowest BCUT2D eigenvalue weighted by Gasteiger charge is -2.30. The molecule has 1 aliphatic rings. The first-order valence-corrected chi connectivity index (χ1v) is 8.13. The molecule has 1 heterocycles. The van der Waals surface area contributed by atoms with Crippen molar-refractivity contribution >= 4 is 26.7 Å². The summed E-state index contributed by atoms with van der Waals surface area (Å²) in [5, 5.41) is 12.4. The fourth-order valence-electron chi connectivity index (χ4n) is 3.19. The molecule has 3 heteroatoms.